The van der Waals surface area contributed by atoms with Crippen molar-refractivity contribution in [3.8, 4) is 0 Å². The maximum Gasteiger partial charge on any atom is 0.321 e. The molecule has 1 unspecified atom stereocenters. The van der Waals surface area contributed by atoms with Crippen molar-refractivity contribution in [3.63, 3.8) is 0 Å². The molecule has 0 saturated carbocycles. The largest absolute Gasteiger partial charge is 0.481 e. The fourth-order valence-corrected chi connectivity index (χ4v) is 1.53. The number of carbonyl (C=O) groups is 2. The monoisotopic (exact) mass is 284 g/mol. The van der Waals surface area contributed by atoms with Crippen LogP contribution in [-0.4, -0.2) is 59.1 Å². The average Bonchev–Trinajstić information content (AvgIpc) is 2.83. The summed E-state index contributed by atoms with van der Waals surface area (Å²) in [6, 6.07) is -0.371. The molecule has 0 spiro atoms. The van der Waals surface area contributed by atoms with Crippen LogP contribution in [-0.2, 0) is 16.1 Å². The van der Waals surface area contributed by atoms with Crippen LogP contribution in [0, 0.1) is 5.92 Å². The van der Waals surface area contributed by atoms with Crippen molar-refractivity contribution < 1.29 is 19.4 Å². The topological polar surface area (TPSA) is 96.7 Å². The number of methoxy groups -OCH3 is 1. The molecule has 0 saturated heterocycles. The predicted octanol–water partition coefficient (Wildman–Crippen LogP) is 0.714. The van der Waals surface area contributed by atoms with Crippen molar-refractivity contribution in [1.82, 2.24) is 14.7 Å². The SMILES string of the molecule is COCCn1cc(NC(=O)N(C)CC(C)C(=O)O)cn1. The molecule has 0 fully saturated rings. The Kier molecular flexibility index (Phi) is 5.98. The van der Waals surface area contributed by atoms with Gasteiger partial charge in [0.15, 0.2) is 0 Å². The molecule has 2 N–H and O–H groups in total. The number of nitrogens with zero attached hydrogens (tertiary/aromatic N) is 3. The van der Waals surface area contributed by atoms with Gasteiger partial charge in [-0.1, -0.05) is 6.92 Å². The van der Waals surface area contributed by atoms with Crippen molar-refractivity contribution in [2.24, 2.45) is 5.92 Å². The number of ether oxygens (including phenoxy) is 1. The predicted molar refractivity (Wildman–Crippen MR) is 72.6 cm³/mol. The molecule has 1 atom stereocenters. The van der Waals surface area contributed by atoms with E-state index >= 15 is 0 Å². The van der Waals surface area contributed by atoms with E-state index in [-0.39, 0.29) is 12.6 Å². The minimum Gasteiger partial charge on any atom is -0.481 e. The van der Waals surface area contributed by atoms with Crippen molar-refractivity contribution >= 4 is 17.7 Å². The summed E-state index contributed by atoms with van der Waals surface area (Å²) in [5, 5.41) is 15.5. The molecular formula is C12H20N4O4. The van der Waals surface area contributed by atoms with Gasteiger partial charge in [-0.15, -0.1) is 0 Å². The maximum absolute atomic E-state index is 11.9. The summed E-state index contributed by atoms with van der Waals surface area (Å²) < 4.78 is 6.58. The second-order valence-electron chi connectivity index (χ2n) is 4.53. The lowest BCUT2D eigenvalue weighted by molar-refractivity contribution is -0.141. The molecule has 0 bridgehead atoms. The Hall–Kier alpha value is -2.09. The van der Waals surface area contributed by atoms with E-state index in [1.165, 1.54) is 11.1 Å². The fraction of sp³-hybridized carbons (Fsp3) is 0.583. The van der Waals surface area contributed by atoms with Gasteiger partial charge in [-0.2, -0.15) is 5.10 Å². The van der Waals surface area contributed by atoms with Crippen LogP contribution in [0.2, 0.25) is 0 Å². The van der Waals surface area contributed by atoms with E-state index in [0.29, 0.717) is 18.8 Å². The standard InChI is InChI=1S/C12H20N4O4/c1-9(11(17)18)7-15(2)12(19)14-10-6-13-16(8-10)4-5-20-3/h6,8-9H,4-5,7H2,1-3H3,(H,14,19)(H,17,18). The summed E-state index contributed by atoms with van der Waals surface area (Å²) in [7, 11) is 3.15. The molecule has 0 radical (unpaired) electrons. The highest BCUT2D eigenvalue weighted by Gasteiger charge is 2.17. The number of aromatic nitrogens is 2. The van der Waals surface area contributed by atoms with Crippen molar-refractivity contribution in [2.45, 2.75) is 13.5 Å². The average molecular weight is 284 g/mol. The van der Waals surface area contributed by atoms with Gasteiger partial charge >= 0.3 is 12.0 Å². The van der Waals surface area contributed by atoms with Gasteiger partial charge in [-0.25, -0.2) is 4.79 Å². The van der Waals surface area contributed by atoms with E-state index < -0.39 is 11.9 Å². The second-order valence-corrected chi connectivity index (χ2v) is 4.53. The van der Waals surface area contributed by atoms with Crippen LogP contribution >= 0.6 is 0 Å². The first-order valence-corrected chi connectivity index (χ1v) is 6.20. The van der Waals surface area contributed by atoms with Crippen LogP contribution in [0.1, 0.15) is 6.92 Å². The highest BCUT2D eigenvalue weighted by Crippen LogP contribution is 2.07. The lowest BCUT2D eigenvalue weighted by Crippen LogP contribution is -2.36. The summed E-state index contributed by atoms with van der Waals surface area (Å²) in [6.07, 6.45) is 3.22. The van der Waals surface area contributed by atoms with Gasteiger partial charge in [-0.3, -0.25) is 9.48 Å². The van der Waals surface area contributed by atoms with Gasteiger partial charge in [0.05, 0.1) is 31.0 Å². The van der Waals surface area contributed by atoms with E-state index in [4.69, 9.17) is 9.84 Å². The number of aliphatic carboxylic acids is 1. The van der Waals surface area contributed by atoms with Gasteiger partial charge in [0, 0.05) is 26.9 Å². The van der Waals surface area contributed by atoms with E-state index in [1.54, 1.807) is 32.0 Å². The minimum absolute atomic E-state index is 0.138. The summed E-state index contributed by atoms with van der Waals surface area (Å²) in [6.45, 7) is 2.82. The van der Waals surface area contributed by atoms with Crippen LogP contribution in [0.15, 0.2) is 12.4 Å². The first kappa shape index (κ1) is 16.0. The van der Waals surface area contributed by atoms with Gasteiger partial charge in [-0.05, 0) is 0 Å². The smallest absolute Gasteiger partial charge is 0.321 e. The van der Waals surface area contributed by atoms with Gasteiger partial charge in [0.1, 0.15) is 0 Å². The zero-order valence-electron chi connectivity index (χ0n) is 11.9. The molecule has 0 aromatic carbocycles. The molecule has 1 rings (SSSR count). The van der Waals surface area contributed by atoms with Gasteiger partial charge < -0.3 is 20.1 Å². The normalized spacial score (nSPS) is 11.9. The van der Waals surface area contributed by atoms with Gasteiger partial charge in [0.25, 0.3) is 0 Å². The molecule has 8 heteroatoms. The highest BCUT2D eigenvalue weighted by atomic mass is 16.5. The summed E-state index contributed by atoms with van der Waals surface area (Å²) >= 11 is 0. The molecule has 8 nitrogen and oxygen atoms in total. The van der Waals surface area contributed by atoms with Gasteiger partial charge in [0.2, 0.25) is 0 Å². The quantitative estimate of drug-likeness (QED) is 0.768. The summed E-state index contributed by atoms with van der Waals surface area (Å²) in [4.78, 5) is 23.9. The summed E-state index contributed by atoms with van der Waals surface area (Å²) in [5.74, 6) is -1.55. The number of carbonyl (C=O) groups excluding carboxylic acids is 1. The minimum atomic E-state index is -0.933. The lowest BCUT2D eigenvalue weighted by Gasteiger charge is -2.19. The molecule has 1 heterocycles. The van der Waals surface area contributed by atoms with Crippen LogP contribution in [0.4, 0.5) is 10.5 Å². The maximum atomic E-state index is 11.9. The summed E-state index contributed by atoms with van der Waals surface area (Å²) in [5.41, 5.74) is 0.556. The zero-order chi connectivity index (χ0) is 15.1. The van der Waals surface area contributed by atoms with E-state index in [0.717, 1.165) is 0 Å². The van der Waals surface area contributed by atoms with Crippen LogP contribution in [0.25, 0.3) is 0 Å². The first-order valence-electron chi connectivity index (χ1n) is 6.20. The Labute approximate surface area is 117 Å². The molecule has 20 heavy (non-hydrogen) atoms. The second kappa shape index (κ2) is 7.49. The number of amides is 2. The van der Waals surface area contributed by atoms with E-state index in [9.17, 15) is 9.59 Å². The zero-order valence-corrected chi connectivity index (χ0v) is 11.9. The fourth-order valence-electron chi connectivity index (χ4n) is 1.53. The van der Waals surface area contributed by atoms with E-state index in [2.05, 4.69) is 10.4 Å². The molecular weight excluding hydrogens is 264 g/mol. The number of carboxylic acid groups (broad SMARTS) is 1. The van der Waals surface area contributed by atoms with Crippen molar-refractivity contribution in [3.05, 3.63) is 12.4 Å². The molecule has 0 aliphatic heterocycles. The molecule has 0 aliphatic rings. The Morgan fingerprint density at radius 1 is 1.60 bits per heavy atom. The number of hydrogen-bond acceptors (Lipinski definition) is 4. The van der Waals surface area contributed by atoms with E-state index in [1.807, 2.05) is 0 Å². The molecule has 1 aromatic heterocycles. The number of carboxylic acids is 1. The van der Waals surface area contributed by atoms with Crippen LogP contribution < -0.4 is 5.32 Å². The van der Waals surface area contributed by atoms with Crippen LogP contribution in [0.3, 0.4) is 0 Å². The molecule has 1 aromatic rings. The first-order chi connectivity index (χ1) is 9.43. The Balaban J connectivity index is 2.48. The number of urea groups is 1. The van der Waals surface area contributed by atoms with Crippen LogP contribution in [0.5, 0.6) is 0 Å². The highest BCUT2D eigenvalue weighted by molar-refractivity contribution is 5.89. The number of nitrogens with one attached hydrogen (secondary N) is 1. The van der Waals surface area contributed by atoms with Crippen molar-refractivity contribution in [1.29, 1.82) is 0 Å². The Morgan fingerprint density at radius 2 is 2.30 bits per heavy atom. The number of rotatable bonds is 7. The Morgan fingerprint density at radius 3 is 2.90 bits per heavy atom. The molecule has 0 aliphatic carbocycles. The molecule has 2 amide bonds. The number of hydrogen-bond donors (Lipinski definition) is 2. The third-order valence-electron chi connectivity index (χ3n) is 2.73. The third-order valence-corrected chi connectivity index (χ3v) is 2.73. The number of anilines is 1. The Bertz CT molecular complexity index is 460. The van der Waals surface area contributed by atoms with Crippen molar-refractivity contribution in [2.75, 3.05) is 32.6 Å². The molecule has 112 valence electrons. The third kappa shape index (κ3) is 4.88. The lowest BCUT2D eigenvalue weighted by atomic mass is 10.2.